The smallest absolute Gasteiger partial charge is 0.272 e. The van der Waals surface area contributed by atoms with Gasteiger partial charge < -0.3 is 5.32 Å². The molecule has 0 heterocycles. The summed E-state index contributed by atoms with van der Waals surface area (Å²) < 4.78 is 0. The van der Waals surface area contributed by atoms with Gasteiger partial charge in [-0.1, -0.05) is 19.1 Å². The molecule has 1 fully saturated rings. The molecule has 1 aromatic rings. The summed E-state index contributed by atoms with van der Waals surface area (Å²) in [7, 11) is 0. The van der Waals surface area contributed by atoms with Gasteiger partial charge in [0.25, 0.3) is 5.69 Å². The highest BCUT2D eigenvalue weighted by Crippen LogP contribution is 2.35. The van der Waals surface area contributed by atoms with Crippen LogP contribution in [-0.2, 0) is 6.42 Å². The van der Waals surface area contributed by atoms with Gasteiger partial charge in [0, 0.05) is 17.7 Å². The van der Waals surface area contributed by atoms with Crippen molar-refractivity contribution in [3.05, 3.63) is 39.4 Å². The minimum Gasteiger partial charge on any atom is -0.313 e. The van der Waals surface area contributed by atoms with Crippen LogP contribution < -0.4 is 5.32 Å². The zero-order chi connectivity index (χ0) is 13.8. The molecule has 1 aliphatic rings. The second-order valence-corrected chi connectivity index (χ2v) is 5.49. The number of nitrogens with zero attached hydrogens (tertiary/aromatic N) is 1. The lowest BCUT2D eigenvalue weighted by Crippen LogP contribution is -2.33. The number of hydrogen-bond donors (Lipinski definition) is 1. The van der Waals surface area contributed by atoms with Crippen LogP contribution in [0.1, 0.15) is 37.3 Å². The minimum atomic E-state index is -0.258. The highest BCUT2D eigenvalue weighted by Gasteiger charge is 2.32. The number of nitrogens with one attached hydrogen (secondary N) is 1. The SMILES string of the molecule is CCCNC(Cc1ccc(C)cc1[N+](=O)[O-])C1CC1. The summed E-state index contributed by atoms with van der Waals surface area (Å²) in [4.78, 5) is 10.9. The minimum absolute atomic E-state index is 0.258. The number of benzene rings is 1. The fourth-order valence-corrected chi connectivity index (χ4v) is 2.49. The van der Waals surface area contributed by atoms with Gasteiger partial charge in [0.2, 0.25) is 0 Å². The third-order valence-electron chi connectivity index (χ3n) is 3.72. The Balaban J connectivity index is 2.13. The van der Waals surface area contributed by atoms with Crippen molar-refractivity contribution in [3.8, 4) is 0 Å². The average Bonchev–Trinajstić information content (AvgIpc) is 3.20. The molecule has 1 saturated carbocycles. The molecule has 0 spiro atoms. The van der Waals surface area contributed by atoms with Crippen molar-refractivity contribution in [2.24, 2.45) is 5.92 Å². The van der Waals surface area contributed by atoms with Crippen LogP contribution in [0.25, 0.3) is 0 Å². The predicted molar refractivity (Wildman–Crippen MR) is 76.3 cm³/mol. The second kappa shape index (κ2) is 6.15. The van der Waals surface area contributed by atoms with Gasteiger partial charge in [-0.25, -0.2) is 0 Å². The number of hydrogen-bond acceptors (Lipinski definition) is 3. The quantitative estimate of drug-likeness (QED) is 0.606. The molecule has 0 bridgehead atoms. The van der Waals surface area contributed by atoms with Crippen LogP contribution in [0.5, 0.6) is 0 Å². The van der Waals surface area contributed by atoms with Crippen LogP contribution in [0.4, 0.5) is 5.69 Å². The van der Waals surface area contributed by atoms with E-state index < -0.39 is 0 Å². The van der Waals surface area contributed by atoms with Crippen molar-refractivity contribution in [2.75, 3.05) is 6.54 Å². The van der Waals surface area contributed by atoms with Crippen molar-refractivity contribution >= 4 is 5.69 Å². The average molecular weight is 262 g/mol. The topological polar surface area (TPSA) is 55.2 Å². The molecule has 4 heteroatoms. The van der Waals surface area contributed by atoms with E-state index in [0.29, 0.717) is 12.0 Å². The number of nitro groups is 1. The lowest BCUT2D eigenvalue weighted by atomic mass is 9.99. The van der Waals surface area contributed by atoms with Gasteiger partial charge in [-0.15, -0.1) is 0 Å². The highest BCUT2D eigenvalue weighted by atomic mass is 16.6. The monoisotopic (exact) mass is 262 g/mol. The molecule has 4 nitrogen and oxygen atoms in total. The van der Waals surface area contributed by atoms with Crippen LogP contribution in [0.15, 0.2) is 18.2 Å². The van der Waals surface area contributed by atoms with Crippen LogP contribution in [0, 0.1) is 23.0 Å². The van der Waals surface area contributed by atoms with E-state index in [1.165, 1.54) is 12.8 Å². The third-order valence-corrected chi connectivity index (χ3v) is 3.72. The van der Waals surface area contributed by atoms with E-state index in [1.54, 1.807) is 6.07 Å². The van der Waals surface area contributed by atoms with E-state index >= 15 is 0 Å². The van der Waals surface area contributed by atoms with E-state index in [2.05, 4.69) is 12.2 Å². The van der Waals surface area contributed by atoms with Crippen LogP contribution in [0.3, 0.4) is 0 Å². The molecule has 1 unspecified atom stereocenters. The predicted octanol–water partition coefficient (Wildman–Crippen LogP) is 3.22. The first-order valence-electron chi connectivity index (χ1n) is 7.09. The van der Waals surface area contributed by atoms with E-state index in [-0.39, 0.29) is 10.6 Å². The number of rotatable bonds is 7. The molecule has 19 heavy (non-hydrogen) atoms. The van der Waals surface area contributed by atoms with E-state index in [9.17, 15) is 10.1 Å². The Morgan fingerprint density at radius 2 is 2.21 bits per heavy atom. The molecule has 1 aliphatic carbocycles. The van der Waals surface area contributed by atoms with Gasteiger partial charge in [-0.2, -0.15) is 0 Å². The molecule has 0 saturated heterocycles. The molecule has 0 radical (unpaired) electrons. The van der Waals surface area contributed by atoms with Gasteiger partial charge in [0.1, 0.15) is 0 Å². The van der Waals surface area contributed by atoms with Gasteiger partial charge in [-0.3, -0.25) is 10.1 Å². The van der Waals surface area contributed by atoms with Crippen LogP contribution in [-0.4, -0.2) is 17.5 Å². The molecule has 0 aromatic heterocycles. The molecular weight excluding hydrogens is 240 g/mol. The van der Waals surface area contributed by atoms with Crippen LogP contribution in [0.2, 0.25) is 0 Å². The molecule has 1 atom stereocenters. The number of nitro benzene ring substituents is 1. The van der Waals surface area contributed by atoms with Crippen molar-refractivity contribution in [1.82, 2.24) is 5.32 Å². The molecule has 0 amide bonds. The van der Waals surface area contributed by atoms with Gasteiger partial charge in [0.15, 0.2) is 0 Å². The summed E-state index contributed by atoms with van der Waals surface area (Å²) in [5.74, 6) is 0.701. The van der Waals surface area contributed by atoms with Gasteiger partial charge >= 0.3 is 0 Å². The highest BCUT2D eigenvalue weighted by molar-refractivity contribution is 5.43. The van der Waals surface area contributed by atoms with Gasteiger partial charge in [0.05, 0.1) is 4.92 Å². The first kappa shape index (κ1) is 14.0. The maximum absolute atomic E-state index is 11.1. The maximum atomic E-state index is 11.1. The Morgan fingerprint density at radius 3 is 2.79 bits per heavy atom. The van der Waals surface area contributed by atoms with Crippen molar-refractivity contribution in [1.29, 1.82) is 0 Å². The lowest BCUT2D eigenvalue weighted by Gasteiger charge is -2.18. The summed E-state index contributed by atoms with van der Waals surface area (Å²) in [5.41, 5.74) is 2.07. The lowest BCUT2D eigenvalue weighted by molar-refractivity contribution is -0.385. The molecule has 1 N–H and O–H groups in total. The fraction of sp³-hybridized carbons (Fsp3) is 0.600. The summed E-state index contributed by atoms with van der Waals surface area (Å²) in [5, 5.41) is 14.7. The van der Waals surface area contributed by atoms with Crippen molar-refractivity contribution in [2.45, 2.75) is 45.6 Å². The van der Waals surface area contributed by atoms with Crippen LogP contribution >= 0.6 is 0 Å². The largest absolute Gasteiger partial charge is 0.313 e. The zero-order valence-corrected chi connectivity index (χ0v) is 11.7. The Hall–Kier alpha value is -1.42. The fourth-order valence-electron chi connectivity index (χ4n) is 2.49. The molecule has 2 rings (SSSR count). The molecule has 104 valence electrons. The maximum Gasteiger partial charge on any atom is 0.272 e. The van der Waals surface area contributed by atoms with Gasteiger partial charge in [-0.05, 0) is 50.6 Å². The third kappa shape index (κ3) is 3.77. The van der Waals surface area contributed by atoms with Crippen molar-refractivity contribution < 1.29 is 4.92 Å². The Morgan fingerprint density at radius 1 is 1.47 bits per heavy atom. The van der Waals surface area contributed by atoms with E-state index in [1.807, 2.05) is 19.1 Å². The van der Waals surface area contributed by atoms with E-state index in [4.69, 9.17) is 0 Å². The Bertz CT molecular complexity index is 455. The normalized spacial score (nSPS) is 16.3. The summed E-state index contributed by atoms with van der Waals surface area (Å²) >= 11 is 0. The summed E-state index contributed by atoms with van der Waals surface area (Å²) in [6, 6.07) is 5.95. The standard InChI is InChI=1S/C15H22N2O2/c1-3-8-16-14(12-6-7-12)10-13-5-4-11(2)9-15(13)17(18)19/h4-5,9,12,14,16H,3,6-8,10H2,1-2H3. The summed E-state index contributed by atoms with van der Waals surface area (Å²) in [6.07, 6.45) is 4.36. The summed E-state index contributed by atoms with van der Waals surface area (Å²) in [6.45, 7) is 5.02. The molecular formula is C15H22N2O2. The molecule has 0 aliphatic heterocycles. The Kier molecular flexibility index (Phi) is 4.53. The molecule has 1 aromatic carbocycles. The first-order chi connectivity index (χ1) is 9.11. The second-order valence-electron chi connectivity index (χ2n) is 5.49. The zero-order valence-electron chi connectivity index (χ0n) is 11.7. The van der Waals surface area contributed by atoms with Crippen molar-refractivity contribution in [3.63, 3.8) is 0 Å². The first-order valence-corrected chi connectivity index (χ1v) is 7.09. The number of aryl methyl sites for hydroxylation is 1. The Labute approximate surface area is 114 Å². The van der Waals surface area contributed by atoms with E-state index in [0.717, 1.165) is 30.5 Å².